The zero-order valence-electron chi connectivity index (χ0n) is 15.6. The third kappa shape index (κ3) is 3.47. The van der Waals surface area contributed by atoms with Crippen LogP contribution in [-0.2, 0) is 24.1 Å². The normalized spacial score (nSPS) is 24.0. The molecule has 3 aliphatic rings. The highest BCUT2D eigenvalue weighted by molar-refractivity contribution is 7.19. The highest BCUT2D eigenvalue weighted by Gasteiger charge is 2.26. The molecule has 1 unspecified atom stereocenters. The van der Waals surface area contributed by atoms with Gasteiger partial charge in [0.15, 0.2) is 0 Å². The average molecular weight is 373 g/mol. The topological polar surface area (TPSA) is 50.3 Å². The zero-order chi connectivity index (χ0) is 17.5. The van der Waals surface area contributed by atoms with Crippen molar-refractivity contribution >= 4 is 27.4 Å². The fourth-order valence-corrected chi connectivity index (χ4v) is 5.51. The van der Waals surface area contributed by atoms with Crippen molar-refractivity contribution in [2.45, 2.75) is 45.6 Å². The van der Waals surface area contributed by atoms with Crippen LogP contribution in [0.5, 0.6) is 0 Å². The second-order valence-corrected chi connectivity index (χ2v) is 9.32. The van der Waals surface area contributed by atoms with Crippen LogP contribution in [0.4, 0.5) is 5.82 Å². The van der Waals surface area contributed by atoms with Crippen LogP contribution in [0, 0.1) is 11.8 Å². The number of aryl methyl sites for hydroxylation is 1. The monoisotopic (exact) mass is 372 g/mol. The quantitative estimate of drug-likeness (QED) is 0.871. The molecule has 0 radical (unpaired) electrons. The molecule has 0 aromatic carbocycles. The number of nitrogens with zero attached hydrogens (tertiary/aromatic N) is 3. The summed E-state index contributed by atoms with van der Waals surface area (Å²) < 4.78 is 5.48. The minimum atomic E-state index is 0.791. The number of hydrogen-bond donors (Lipinski definition) is 1. The van der Waals surface area contributed by atoms with E-state index in [-0.39, 0.29) is 0 Å². The summed E-state index contributed by atoms with van der Waals surface area (Å²) in [5, 5.41) is 5.01. The van der Waals surface area contributed by atoms with E-state index in [2.05, 4.69) is 17.1 Å². The summed E-state index contributed by atoms with van der Waals surface area (Å²) in [6.45, 7) is 7.85. The fraction of sp³-hybridized carbons (Fsp3) is 0.700. The van der Waals surface area contributed by atoms with E-state index in [4.69, 9.17) is 14.7 Å². The molecule has 0 bridgehead atoms. The van der Waals surface area contributed by atoms with E-state index in [1.165, 1.54) is 47.9 Å². The number of fused-ring (bicyclic) bond motifs is 3. The summed E-state index contributed by atoms with van der Waals surface area (Å²) in [6, 6.07) is 0. The largest absolute Gasteiger partial charge is 0.379 e. The zero-order valence-corrected chi connectivity index (χ0v) is 16.4. The molecule has 2 aromatic rings. The van der Waals surface area contributed by atoms with Gasteiger partial charge in [-0.25, -0.2) is 9.97 Å². The van der Waals surface area contributed by atoms with Gasteiger partial charge in [0.1, 0.15) is 16.5 Å². The Morgan fingerprint density at radius 2 is 2.04 bits per heavy atom. The lowest BCUT2D eigenvalue weighted by molar-refractivity contribution is 0.0331. The number of anilines is 1. The first-order valence-electron chi connectivity index (χ1n) is 10.1. The Morgan fingerprint density at radius 3 is 2.85 bits per heavy atom. The molecule has 3 heterocycles. The Labute approximate surface area is 159 Å². The molecule has 5 rings (SSSR count). The Bertz CT molecular complexity index is 795. The first-order chi connectivity index (χ1) is 12.8. The molecule has 5 nitrogen and oxygen atoms in total. The van der Waals surface area contributed by atoms with Gasteiger partial charge < -0.3 is 10.1 Å². The summed E-state index contributed by atoms with van der Waals surface area (Å²) in [5.74, 6) is 3.69. The molecule has 140 valence electrons. The van der Waals surface area contributed by atoms with Gasteiger partial charge in [-0.2, -0.15) is 0 Å². The lowest BCUT2D eigenvalue weighted by Gasteiger charge is -2.26. The van der Waals surface area contributed by atoms with Crippen molar-refractivity contribution in [1.29, 1.82) is 0 Å². The maximum Gasteiger partial charge on any atom is 0.146 e. The van der Waals surface area contributed by atoms with Crippen LogP contribution >= 0.6 is 11.3 Å². The number of aromatic nitrogens is 2. The van der Waals surface area contributed by atoms with Crippen LogP contribution in [0.1, 0.15) is 42.5 Å². The maximum absolute atomic E-state index is 5.48. The van der Waals surface area contributed by atoms with Crippen molar-refractivity contribution in [3.8, 4) is 0 Å². The van der Waals surface area contributed by atoms with E-state index in [9.17, 15) is 0 Å². The third-order valence-electron chi connectivity index (χ3n) is 5.93. The molecule has 1 N–H and O–H groups in total. The molecule has 1 saturated heterocycles. The van der Waals surface area contributed by atoms with Crippen LogP contribution in [-0.4, -0.2) is 47.7 Å². The highest BCUT2D eigenvalue weighted by Crippen LogP contribution is 2.40. The molecule has 2 fully saturated rings. The van der Waals surface area contributed by atoms with E-state index < -0.39 is 0 Å². The third-order valence-corrected chi connectivity index (χ3v) is 7.07. The second-order valence-electron chi connectivity index (χ2n) is 8.23. The van der Waals surface area contributed by atoms with Crippen LogP contribution in [0.2, 0.25) is 0 Å². The van der Waals surface area contributed by atoms with Crippen molar-refractivity contribution in [2.24, 2.45) is 11.8 Å². The molecule has 2 aliphatic carbocycles. The van der Waals surface area contributed by atoms with Crippen molar-refractivity contribution in [3.05, 3.63) is 16.3 Å². The summed E-state index contributed by atoms with van der Waals surface area (Å²) in [4.78, 5) is 15.1. The predicted molar refractivity (Wildman–Crippen MR) is 106 cm³/mol. The lowest BCUT2D eigenvalue weighted by Crippen LogP contribution is -2.36. The van der Waals surface area contributed by atoms with Gasteiger partial charge in [0.05, 0.1) is 25.1 Å². The number of morpholine rings is 1. The van der Waals surface area contributed by atoms with Gasteiger partial charge in [0.25, 0.3) is 0 Å². The molecule has 0 spiro atoms. The first-order valence-corrected chi connectivity index (χ1v) is 10.9. The maximum atomic E-state index is 5.48. The van der Waals surface area contributed by atoms with Gasteiger partial charge in [0, 0.05) is 24.5 Å². The molecule has 26 heavy (non-hydrogen) atoms. The van der Waals surface area contributed by atoms with E-state index in [1.54, 1.807) is 4.88 Å². The molecule has 1 saturated carbocycles. The van der Waals surface area contributed by atoms with E-state index in [0.29, 0.717) is 0 Å². The minimum Gasteiger partial charge on any atom is -0.379 e. The summed E-state index contributed by atoms with van der Waals surface area (Å²) in [6.07, 6.45) is 6.40. The predicted octanol–water partition coefficient (Wildman–Crippen LogP) is 3.47. The molecule has 1 aliphatic heterocycles. The standard InChI is InChI=1S/C20H28N4OS/c1-13-2-5-15-16(10-13)26-20-18(15)19(21-11-14-3-4-14)22-17(23-20)12-24-6-8-25-9-7-24/h13-14H,2-12H2,1H3,(H,21,22,23). The summed E-state index contributed by atoms with van der Waals surface area (Å²) in [7, 11) is 0. The first kappa shape index (κ1) is 16.9. The number of rotatable bonds is 5. The highest BCUT2D eigenvalue weighted by atomic mass is 32.1. The molecular formula is C20H28N4OS. The van der Waals surface area contributed by atoms with E-state index in [1.807, 2.05) is 11.3 Å². The van der Waals surface area contributed by atoms with Crippen LogP contribution in [0.25, 0.3) is 10.2 Å². The minimum absolute atomic E-state index is 0.791. The van der Waals surface area contributed by atoms with Crippen molar-refractivity contribution in [2.75, 3.05) is 38.2 Å². The van der Waals surface area contributed by atoms with Gasteiger partial charge in [-0.3, -0.25) is 4.90 Å². The molecule has 6 heteroatoms. The number of hydrogen-bond acceptors (Lipinski definition) is 6. The van der Waals surface area contributed by atoms with Crippen molar-refractivity contribution in [3.63, 3.8) is 0 Å². The van der Waals surface area contributed by atoms with Crippen LogP contribution in [0.3, 0.4) is 0 Å². The molecule has 0 amide bonds. The molecule has 1 atom stereocenters. The Hall–Kier alpha value is -1.24. The lowest BCUT2D eigenvalue weighted by atomic mass is 9.89. The van der Waals surface area contributed by atoms with Gasteiger partial charge in [-0.05, 0) is 49.5 Å². The summed E-state index contributed by atoms with van der Waals surface area (Å²) >= 11 is 1.91. The number of nitrogens with one attached hydrogen (secondary N) is 1. The molecule has 2 aromatic heterocycles. The van der Waals surface area contributed by atoms with Crippen molar-refractivity contribution in [1.82, 2.24) is 14.9 Å². The number of thiophene rings is 1. The van der Waals surface area contributed by atoms with Crippen LogP contribution < -0.4 is 5.32 Å². The molecular weight excluding hydrogens is 344 g/mol. The van der Waals surface area contributed by atoms with Gasteiger partial charge in [-0.1, -0.05) is 6.92 Å². The van der Waals surface area contributed by atoms with E-state index >= 15 is 0 Å². The average Bonchev–Trinajstić information content (AvgIpc) is 3.40. The number of ether oxygens (including phenoxy) is 1. The SMILES string of the molecule is CC1CCc2c(sc3nc(CN4CCOCC4)nc(NCC4CC4)c23)C1. The van der Waals surface area contributed by atoms with Crippen LogP contribution in [0.15, 0.2) is 0 Å². The Kier molecular flexibility index (Phi) is 4.59. The Balaban J connectivity index is 1.49. The Morgan fingerprint density at radius 1 is 1.19 bits per heavy atom. The van der Waals surface area contributed by atoms with Gasteiger partial charge in [-0.15, -0.1) is 11.3 Å². The van der Waals surface area contributed by atoms with E-state index in [0.717, 1.165) is 62.9 Å². The second kappa shape index (κ2) is 7.06. The fourth-order valence-electron chi connectivity index (χ4n) is 4.11. The smallest absolute Gasteiger partial charge is 0.146 e. The summed E-state index contributed by atoms with van der Waals surface area (Å²) in [5.41, 5.74) is 1.53. The van der Waals surface area contributed by atoms with Gasteiger partial charge in [0.2, 0.25) is 0 Å². The van der Waals surface area contributed by atoms with Crippen molar-refractivity contribution < 1.29 is 4.74 Å². The van der Waals surface area contributed by atoms with Gasteiger partial charge >= 0.3 is 0 Å².